The van der Waals surface area contributed by atoms with Gasteiger partial charge in [-0.05, 0) is 47.4 Å². The van der Waals surface area contributed by atoms with Gasteiger partial charge in [-0.3, -0.25) is 18.7 Å². The normalized spacial score (nSPS) is 11.1. The predicted octanol–water partition coefficient (Wildman–Crippen LogP) is 3.73. The zero-order valence-corrected chi connectivity index (χ0v) is 18.1. The molecule has 0 fully saturated rings. The first-order chi connectivity index (χ1) is 14.6. The van der Waals surface area contributed by atoms with Gasteiger partial charge in [0, 0.05) is 17.1 Å². The third-order valence-corrected chi connectivity index (χ3v) is 6.80. The summed E-state index contributed by atoms with van der Waals surface area (Å²) in [6.45, 7) is 2.16. The number of aromatic nitrogens is 2. The molecule has 0 saturated heterocycles. The highest BCUT2D eigenvalue weighted by atomic mass is 32.1. The van der Waals surface area contributed by atoms with Crippen molar-refractivity contribution >= 4 is 44.5 Å². The number of para-hydroxylation sites is 1. The summed E-state index contributed by atoms with van der Waals surface area (Å²) >= 11 is 2.88. The van der Waals surface area contributed by atoms with Crippen LogP contribution in [0.3, 0.4) is 0 Å². The fourth-order valence-corrected chi connectivity index (χ4v) is 4.99. The van der Waals surface area contributed by atoms with Gasteiger partial charge >= 0.3 is 5.69 Å². The molecule has 0 spiro atoms. The molecule has 6 nitrogen and oxygen atoms in total. The van der Waals surface area contributed by atoms with E-state index in [0.29, 0.717) is 16.6 Å². The van der Waals surface area contributed by atoms with Crippen molar-refractivity contribution in [3.05, 3.63) is 84.5 Å². The van der Waals surface area contributed by atoms with Crippen molar-refractivity contribution in [2.45, 2.75) is 32.9 Å². The first kappa shape index (κ1) is 20.3. The third-order valence-electron chi connectivity index (χ3n) is 4.97. The zero-order chi connectivity index (χ0) is 21.1. The Morgan fingerprint density at radius 1 is 1.00 bits per heavy atom. The summed E-state index contributed by atoms with van der Waals surface area (Å²) in [4.78, 5) is 39.8. The quantitative estimate of drug-likeness (QED) is 0.477. The van der Waals surface area contributed by atoms with Crippen LogP contribution in [0.4, 0.5) is 5.69 Å². The van der Waals surface area contributed by atoms with Gasteiger partial charge < -0.3 is 5.32 Å². The maximum absolute atomic E-state index is 13.1. The Labute approximate surface area is 181 Å². The maximum Gasteiger partial charge on any atom is 0.332 e. The number of carbonyl (C=O) groups is 1. The molecule has 0 aliphatic carbocycles. The van der Waals surface area contributed by atoms with E-state index in [4.69, 9.17) is 0 Å². The van der Waals surface area contributed by atoms with Gasteiger partial charge in [-0.25, -0.2) is 4.79 Å². The Bertz CT molecular complexity index is 1300. The van der Waals surface area contributed by atoms with Gasteiger partial charge in [0.25, 0.3) is 5.56 Å². The van der Waals surface area contributed by atoms with Gasteiger partial charge in [-0.1, -0.05) is 31.2 Å². The van der Waals surface area contributed by atoms with Crippen LogP contribution in [0.2, 0.25) is 0 Å². The summed E-state index contributed by atoms with van der Waals surface area (Å²) in [6, 6.07) is 13.3. The molecule has 0 bridgehead atoms. The monoisotopic (exact) mass is 439 g/mol. The standard InChI is InChI=1S/C22H21N3O3S2/c1-2-15-6-3-4-8-17(15)23-19(26)14-25-18-10-13-30-20(18)21(27)24(22(25)28)11-9-16-7-5-12-29-16/h3-8,10,12-13H,2,9,11,14H2,1H3,(H,23,26). The van der Waals surface area contributed by atoms with E-state index >= 15 is 0 Å². The number of hydrogen-bond acceptors (Lipinski definition) is 5. The fraction of sp³-hybridized carbons (Fsp3) is 0.227. The summed E-state index contributed by atoms with van der Waals surface area (Å²) in [5.41, 5.74) is 1.52. The van der Waals surface area contributed by atoms with Crippen molar-refractivity contribution in [1.82, 2.24) is 9.13 Å². The number of fused-ring (bicyclic) bond motifs is 1. The molecule has 0 unspecified atom stereocenters. The summed E-state index contributed by atoms with van der Waals surface area (Å²) < 4.78 is 3.12. The lowest BCUT2D eigenvalue weighted by molar-refractivity contribution is -0.116. The van der Waals surface area contributed by atoms with Crippen LogP contribution < -0.4 is 16.6 Å². The average molecular weight is 440 g/mol. The molecular weight excluding hydrogens is 418 g/mol. The van der Waals surface area contributed by atoms with Gasteiger partial charge in [0.1, 0.15) is 11.2 Å². The largest absolute Gasteiger partial charge is 0.332 e. The van der Waals surface area contributed by atoms with E-state index in [9.17, 15) is 14.4 Å². The molecular formula is C22H21N3O3S2. The molecule has 3 heterocycles. The minimum Gasteiger partial charge on any atom is -0.324 e. The van der Waals surface area contributed by atoms with Crippen molar-refractivity contribution in [3.63, 3.8) is 0 Å². The second-order valence-electron chi connectivity index (χ2n) is 6.85. The fourth-order valence-electron chi connectivity index (χ4n) is 3.44. The van der Waals surface area contributed by atoms with Gasteiger partial charge in [-0.2, -0.15) is 0 Å². The number of anilines is 1. The van der Waals surface area contributed by atoms with Gasteiger partial charge in [0.15, 0.2) is 0 Å². The number of thiophene rings is 2. The number of carbonyl (C=O) groups excluding carboxylic acids is 1. The molecule has 1 N–H and O–H groups in total. The molecule has 1 aromatic carbocycles. The Morgan fingerprint density at radius 3 is 2.60 bits per heavy atom. The number of rotatable bonds is 7. The lowest BCUT2D eigenvalue weighted by Gasteiger charge is -2.13. The van der Waals surface area contributed by atoms with Crippen LogP contribution in [0, 0.1) is 0 Å². The molecule has 30 heavy (non-hydrogen) atoms. The first-order valence-electron chi connectivity index (χ1n) is 9.69. The topological polar surface area (TPSA) is 73.1 Å². The van der Waals surface area contributed by atoms with Crippen molar-refractivity contribution in [2.24, 2.45) is 0 Å². The Balaban J connectivity index is 1.66. The van der Waals surface area contributed by atoms with Crippen molar-refractivity contribution in [1.29, 1.82) is 0 Å². The molecule has 0 aliphatic heterocycles. The van der Waals surface area contributed by atoms with Crippen molar-refractivity contribution < 1.29 is 4.79 Å². The van der Waals surface area contributed by atoms with Crippen LogP contribution >= 0.6 is 22.7 Å². The third kappa shape index (κ3) is 4.01. The molecule has 4 aromatic rings. The number of amides is 1. The Hall–Kier alpha value is -2.97. The van der Waals surface area contributed by atoms with E-state index in [-0.39, 0.29) is 24.6 Å². The summed E-state index contributed by atoms with van der Waals surface area (Å²) in [5, 5.41) is 6.64. The molecule has 8 heteroatoms. The number of nitrogens with zero attached hydrogens (tertiary/aromatic N) is 2. The molecule has 154 valence electrons. The summed E-state index contributed by atoms with van der Waals surface area (Å²) in [5.74, 6) is -0.297. The van der Waals surface area contributed by atoms with E-state index in [1.54, 1.807) is 22.8 Å². The van der Waals surface area contributed by atoms with Crippen molar-refractivity contribution in [2.75, 3.05) is 5.32 Å². The zero-order valence-electron chi connectivity index (χ0n) is 16.5. The molecule has 0 saturated carbocycles. The molecule has 4 rings (SSSR count). The molecule has 3 aromatic heterocycles. The molecule has 1 amide bonds. The van der Waals surface area contributed by atoms with Crippen LogP contribution in [0.1, 0.15) is 17.4 Å². The van der Waals surface area contributed by atoms with Crippen LogP contribution in [0.5, 0.6) is 0 Å². The smallest absolute Gasteiger partial charge is 0.324 e. The van der Waals surface area contributed by atoms with Crippen LogP contribution in [0.25, 0.3) is 10.2 Å². The first-order valence-corrected chi connectivity index (χ1v) is 11.5. The number of nitrogens with one attached hydrogen (secondary N) is 1. The number of benzene rings is 1. The maximum atomic E-state index is 13.1. The highest BCUT2D eigenvalue weighted by Gasteiger charge is 2.17. The predicted molar refractivity (Wildman–Crippen MR) is 123 cm³/mol. The average Bonchev–Trinajstić information content (AvgIpc) is 3.43. The highest BCUT2D eigenvalue weighted by molar-refractivity contribution is 7.17. The Kier molecular flexibility index (Phi) is 5.96. The van der Waals surface area contributed by atoms with Gasteiger partial charge in [-0.15, -0.1) is 22.7 Å². The van der Waals surface area contributed by atoms with Crippen LogP contribution in [0.15, 0.2) is 62.8 Å². The van der Waals surface area contributed by atoms with E-state index < -0.39 is 5.69 Å². The second kappa shape index (κ2) is 8.81. The Morgan fingerprint density at radius 2 is 1.83 bits per heavy atom. The van der Waals surface area contributed by atoms with Crippen molar-refractivity contribution in [3.8, 4) is 0 Å². The molecule has 0 radical (unpaired) electrons. The number of hydrogen-bond donors (Lipinski definition) is 1. The molecule has 0 aliphatic rings. The highest BCUT2D eigenvalue weighted by Crippen LogP contribution is 2.18. The minimum atomic E-state index is -0.457. The SMILES string of the molecule is CCc1ccccc1NC(=O)Cn1c(=O)n(CCc2cccs2)c(=O)c2sccc21. The molecule has 0 atom stereocenters. The van der Waals surface area contributed by atoms with Gasteiger partial charge in [0.2, 0.25) is 5.91 Å². The second-order valence-corrected chi connectivity index (χ2v) is 8.80. The van der Waals surface area contributed by atoms with Crippen LogP contribution in [-0.2, 0) is 30.7 Å². The van der Waals surface area contributed by atoms with Crippen LogP contribution in [-0.4, -0.2) is 15.0 Å². The van der Waals surface area contributed by atoms with E-state index in [2.05, 4.69) is 5.32 Å². The lowest BCUT2D eigenvalue weighted by Crippen LogP contribution is -2.41. The van der Waals surface area contributed by atoms with E-state index in [0.717, 1.165) is 22.5 Å². The summed E-state index contributed by atoms with van der Waals surface area (Å²) in [7, 11) is 0. The van der Waals surface area contributed by atoms with Gasteiger partial charge in [0.05, 0.1) is 5.52 Å². The number of aryl methyl sites for hydroxylation is 2. The van der Waals surface area contributed by atoms with E-state index in [1.807, 2.05) is 48.7 Å². The minimum absolute atomic E-state index is 0.149. The lowest BCUT2D eigenvalue weighted by atomic mass is 10.1. The van der Waals surface area contributed by atoms with E-state index in [1.165, 1.54) is 20.5 Å². The summed E-state index contributed by atoms with van der Waals surface area (Å²) in [6.07, 6.45) is 1.39.